The number of rotatable bonds is 4. The second-order valence-corrected chi connectivity index (χ2v) is 6.92. The highest BCUT2D eigenvalue weighted by molar-refractivity contribution is 6.30. The van der Waals surface area contributed by atoms with Crippen molar-refractivity contribution in [1.82, 2.24) is 4.90 Å². The second kappa shape index (κ2) is 7.89. The predicted molar refractivity (Wildman–Crippen MR) is 105 cm³/mol. The zero-order valence-electron chi connectivity index (χ0n) is 14.7. The molecular weight excluding hydrogens is 334 g/mol. The van der Waals surface area contributed by atoms with E-state index in [0.717, 1.165) is 31.9 Å². The zero-order valence-corrected chi connectivity index (χ0v) is 15.5. The van der Waals surface area contributed by atoms with Crippen molar-refractivity contribution in [3.8, 4) is 0 Å². The third-order valence-corrected chi connectivity index (χ3v) is 5.06. The van der Waals surface area contributed by atoms with Gasteiger partial charge in [0.25, 0.3) is 0 Å². The largest absolute Gasteiger partial charge is 0.369 e. The average molecular weight is 358 g/mol. The molecule has 1 aliphatic rings. The molecule has 0 radical (unpaired) electrons. The number of anilines is 2. The Morgan fingerprint density at radius 1 is 1.04 bits per heavy atom. The van der Waals surface area contributed by atoms with E-state index in [2.05, 4.69) is 46.3 Å². The van der Waals surface area contributed by atoms with Crippen molar-refractivity contribution >= 4 is 28.9 Å². The van der Waals surface area contributed by atoms with Crippen LogP contribution in [0.4, 0.5) is 11.4 Å². The zero-order chi connectivity index (χ0) is 17.8. The molecule has 2 aromatic rings. The number of para-hydroxylation sites is 1. The molecule has 132 valence electrons. The SMILES string of the molecule is Cc1ccccc1N1CCN(C(C)C(=O)Nc2ccc(Cl)cc2)CC1. The highest BCUT2D eigenvalue weighted by atomic mass is 35.5. The number of halogens is 1. The summed E-state index contributed by atoms with van der Waals surface area (Å²) in [5.74, 6) is 0.0201. The van der Waals surface area contributed by atoms with Crippen LogP contribution in [0.2, 0.25) is 5.02 Å². The number of carbonyl (C=O) groups excluding carboxylic acids is 1. The minimum absolute atomic E-state index is 0.0201. The van der Waals surface area contributed by atoms with E-state index in [1.54, 1.807) is 12.1 Å². The second-order valence-electron chi connectivity index (χ2n) is 6.48. The van der Waals surface area contributed by atoms with Gasteiger partial charge in [0.1, 0.15) is 0 Å². The van der Waals surface area contributed by atoms with Crippen LogP contribution in [0.5, 0.6) is 0 Å². The van der Waals surface area contributed by atoms with Crippen molar-refractivity contribution in [2.45, 2.75) is 19.9 Å². The van der Waals surface area contributed by atoms with Gasteiger partial charge in [-0.1, -0.05) is 29.8 Å². The number of amides is 1. The lowest BCUT2D eigenvalue weighted by molar-refractivity contribution is -0.120. The lowest BCUT2D eigenvalue weighted by Crippen LogP contribution is -2.53. The molecule has 1 unspecified atom stereocenters. The summed E-state index contributed by atoms with van der Waals surface area (Å²) < 4.78 is 0. The number of aryl methyl sites for hydroxylation is 1. The molecule has 0 spiro atoms. The molecular formula is C20H24ClN3O. The van der Waals surface area contributed by atoms with Crippen LogP contribution >= 0.6 is 11.6 Å². The van der Waals surface area contributed by atoms with Gasteiger partial charge in [0.15, 0.2) is 0 Å². The van der Waals surface area contributed by atoms with Gasteiger partial charge in [-0.25, -0.2) is 0 Å². The maximum atomic E-state index is 12.5. The van der Waals surface area contributed by atoms with Crippen molar-refractivity contribution in [2.24, 2.45) is 0 Å². The Hall–Kier alpha value is -2.04. The van der Waals surface area contributed by atoms with E-state index in [1.165, 1.54) is 11.3 Å². The summed E-state index contributed by atoms with van der Waals surface area (Å²) in [5.41, 5.74) is 3.37. The highest BCUT2D eigenvalue weighted by Crippen LogP contribution is 2.21. The monoisotopic (exact) mass is 357 g/mol. The summed E-state index contributed by atoms with van der Waals surface area (Å²) in [6.07, 6.45) is 0. The van der Waals surface area contributed by atoms with Gasteiger partial charge in [0, 0.05) is 42.6 Å². The standard InChI is InChI=1S/C20H24ClN3O/c1-15-5-3-4-6-19(15)24-13-11-23(12-14-24)16(2)20(25)22-18-9-7-17(21)8-10-18/h3-10,16H,11-14H2,1-2H3,(H,22,25). The molecule has 1 amide bonds. The molecule has 25 heavy (non-hydrogen) atoms. The lowest BCUT2D eigenvalue weighted by atomic mass is 10.1. The molecule has 1 N–H and O–H groups in total. The molecule has 1 aliphatic heterocycles. The van der Waals surface area contributed by atoms with Crippen molar-refractivity contribution in [3.63, 3.8) is 0 Å². The van der Waals surface area contributed by atoms with E-state index >= 15 is 0 Å². The summed E-state index contributed by atoms with van der Waals surface area (Å²) in [6, 6.07) is 15.5. The predicted octanol–water partition coefficient (Wildman–Crippen LogP) is 3.80. The molecule has 3 rings (SSSR count). The van der Waals surface area contributed by atoms with Crippen LogP contribution in [0.1, 0.15) is 12.5 Å². The lowest BCUT2D eigenvalue weighted by Gasteiger charge is -2.39. The number of nitrogens with zero attached hydrogens (tertiary/aromatic N) is 2. The van der Waals surface area contributed by atoms with Gasteiger partial charge in [0.2, 0.25) is 5.91 Å². The van der Waals surface area contributed by atoms with E-state index in [0.29, 0.717) is 5.02 Å². The fourth-order valence-corrected chi connectivity index (χ4v) is 3.34. The third-order valence-electron chi connectivity index (χ3n) is 4.81. The Bertz CT molecular complexity index is 724. The molecule has 0 saturated carbocycles. The van der Waals surface area contributed by atoms with Crippen LogP contribution in [0.3, 0.4) is 0 Å². The Balaban J connectivity index is 1.56. The first-order valence-corrected chi connectivity index (χ1v) is 9.03. The first kappa shape index (κ1) is 17.8. The Morgan fingerprint density at radius 3 is 2.32 bits per heavy atom. The van der Waals surface area contributed by atoms with E-state index in [4.69, 9.17) is 11.6 Å². The van der Waals surface area contributed by atoms with Crippen LogP contribution in [-0.2, 0) is 4.79 Å². The molecule has 1 saturated heterocycles. The average Bonchev–Trinajstić information content (AvgIpc) is 2.63. The maximum absolute atomic E-state index is 12.5. The number of nitrogens with one attached hydrogen (secondary N) is 1. The van der Waals surface area contributed by atoms with Crippen LogP contribution in [0.25, 0.3) is 0 Å². The minimum Gasteiger partial charge on any atom is -0.369 e. The van der Waals surface area contributed by atoms with Crippen LogP contribution in [0.15, 0.2) is 48.5 Å². The first-order chi connectivity index (χ1) is 12.0. The fourth-order valence-electron chi connectivity index (χ4n) is 3.21. The summed E-state index contributed by atoms with van der Waals surface area (Å²) in [5, 5.41) is 3.63. The third kappa shape index (κ3) is 4.33. The number of piperazine rings is 1. The first-order valence-electron chi connectivity index (χ1n) is 8.65. The van der Waals surface area contributed by atoms with Crippen molar-refractivity contribution in [3.05, 3.63) is 59.1 Å². The Kier molecular flexibility index (Phi) is 5.61. The molecule has 1 atom stereocenters. The molecule has 2 aromatic carbocycles. The quantitative estimate of drug-likeness (QED) is 0.904. The number of carbonyl (C=O) groups is 1. The van der Waals surface area contributed by atoms with E-state index < -0.39 is 0 Å². The Labute approximate surface area is 154 Å². The summed E-state index contributed by atoms with van der Waals surface area (Å²) in [6.45, 7) is 7.73. The summed E-state index contributed by atoms with van der Waals surface area (Å²) >= 11 is 5.88. The smallest absolute Gasteiger partial charge is 0.241 e. The highest BCUT2D eigenvalue weighted by Gasteiger charge is 2.26. The van der Waals surface area contributed by atoms with Gasteiger partial charge in [-0.2, -0.15) is 0 Å². The van der Waals surface area contributed by atoms with Crippen molar-refractivity contribution < 1.29 is 4.79 Å². The number of hydrogen-bond acceptors (Lipinski definition) is 3. The molecule has 0 aromatic heterocycles. The van der Waals surface area contributed by atoms with E-state index in [9.17, 15) is 4.79 Å². The molecule has 5 heteroatoms. The fraction of sp³-hybridized carbons (Fsp3) is 0.350. The topological polar surface area (TPSA) is 35.6 Å². The number of benzene rings is 2. The van der Waals surface area contributed by atoms with Gasteiger partial charge in [-0.05, 0) is 49.7 Å². The van der Waals surface area contributed by atoms with Gasteiger partial charge in [0.05, 0.1) is 6.04 Å². The van der Waals surface area contributed by atoms with Crippen molar-refractivity contribution in [1.29, 1.82) is 0 Å². The molecule has 0 bridgehead atoms. The molecule has 1 heterocycles. The van der Waals surface area contributed by atoms with Gasteiger partial charge in [-0.15, -0.1) is 0 Å². The molecule has 4 nitrogen and oxygen atoms in total. The van der Waals surface area contributed by atoms with Crippen LogP contribution in [-0.4, -0.2) is 43.0 Å². The van der Waals surface area contributed by atoms with Gasteiger partial charge >= 0.3 is 0 Å². The molecule has 1 fully saturated rings. The van der Waals surface area contributed by atoms with Crippen molar-refractivity contribution in [2.75, 3.05) is 36.4 Å². The Morgan fingerprint density at radius 2 is 1.68 bits per heavy atom. The van der Waals surface area contributed by atoms with Gasteiger partial charge < -0.3 is 10.2 Å². The van der Waals surface area contributed by atoms with E-state index in [1.807, 2.05) is 19.1 Å². The number of hydrogen-bond donors (Lipinski definition) is 1. The minimum atomic E-state index is -0.158. The normalized spacial score (nSPS) is 16.5. The summed E-state index contributed by atoms with van der Waals surface area (Å²) in [4.78, 5) is 17.1. The van der Waals surface area contributed by atoms with Crippen LogP contribution in [0, 0.1) is 6.92 Å². The van der Waals surface area contributed by atoms with Crippen LogP contribution < -0.4 is 10.2 Å². The maximum Gasteiger partial charge on any atom is 0.241 e. The van der Waals surface area contributed by atoms with Gasteiger partial charge in [-0.3, -0.25) is 9.69 Å². The molecule has 0 aliphatic carbocycles. The van der Waals surface area contributed by atoms with E-state index in [-0.39, 0.29) is 11.9 Å². The summed E-state index contributed by atoms with van der Waals surface area (Å²) in [7, 11) is 0.